The van der Waals surface area contributed by atoms with E-state index in [4.69, 9.17) is 5.11 Å². The molecule has 1 saturated carbocycles. The van der Waals surface area contributed by atoms with Crippen LogP contribution in [0.15, 0.2) is 0 Å². The highest BCUT2D eigenvalue weighted by atomic mass is 16.3. The first-order chi connectivity index (χ1) is 5.37. The second kappa shape index (κ2) is 3.00. The van der Waals surface area contributed by atoms with Crippen LogP contribution < -0.4 is 0 Å². The van der Waals surface area contributed by atoms with Crippen LogP contribution in [0.5, 0.6) is 0 Å². The summed E-state index contributed by atoms with van der Waals surface area (Å²) in [6.07, 6.45) is 2.61. The molecule has 1 aliphatic rings. The van der Waals surface area contributed by atoms with Gasteiger partial charge in [-0.2, -0.15) is 0 Å². The van der Waals surface area contributed by atoms with E-state index in [2.05, 4.69) is 20.8 Å². The molecule has 0 radical (unpaired) electrons. The van der Waals surface area contributed by atoms with Crippen LogP contribution in [0.1, 0.15) is 40.0 Å². The van der Waals surface area contributed by atoms with Crippen LogP contribution in [0.2, 0.25) is 0 Å². The van der Waals surface area contributed by atoms with Gasteiger partial charge in [-0.05, 0) is 30.6 Å². The Bertz CT molecular complexity index is 165. The van der Waals surface area contributed by atoms with Gasteiger partial charge in [0.25, 0.3) is 0 Å². The van der Waals surface area contributed by atoms with Gasteiger partial charge in [-0.15, -0.1) is 0 Å². The molecule has 2 N–H and O–H groups in total. The van der Waals surface area contributed by atoms with Crippen LogP contribution in [0, 0.1) is 11.3 Å². The average Bonchev–Trinajstić information content (AvgIpc) is 1.82. The highest BCUT2D eigenvalue weighted by Gasteiger charge is 2.40. The van der Waals surface area contributed by atoms with E-state index in [1.54, 1.807) is 0 Å². The monoisotopic (exact) mass is 172 g/mol. The van der Waals surface area contributed by atoms with Gasteiger partial charge in [0, 0.05) is 0 Å². The fraction of sp³-hybridized carbons (Fsp3) is 1.00. The average molecular weight is 172 g/mol. The molecule has 0 aromatic heterocycles. The van der Waals surface area contributed by atoms with E-state index in [9.17, 15) is 5.11 Å². The molecule has 1 unspecified atom stereocenters. The van der Waals surface area contributed by atoms with E-state index >= 15 is 0 Å². The minimum absolute atomic E-state index is 0.0965. The molecule has 1 rings (SSSR count). The van der Waals surface area contributed by atoms with E-state index in [0.717, 1.165) is 19.3 Å². The van der Waals surface area contributed by atoms with Crippen molar-refractivity contribution in [3.8, 4) is 0 Å². The van der Waals surface area contributed by atoms with E-state index < -0.39 is 5.60 Å². The Morgan fingerprint density at radius 3 is 2.33 bits per heavy atom. The number of rotatable bonds is 1. The first-order valence-electron chi connectivity index (χ1n) is 4.70. The Labute approximate surface area is 74.6 Å². The summed E-state index contributed by atoms with van der Waals surface area (Å²) in [6, 6.07) is 0. The predicted molar refractivity (Wildman–Crippen MR) is 48.8 cm³/mol. The molecule has 1 aliphatic carbocycles. The standard InChI is InChI=1S/C10H20O2/c1-8-4-9(2,3)6-10(12,5-8)7-11/h8,11-12H,4-7H2,1-3H3/t8-,10?/m0/s1. The van der Waals surface area contributed by atoms with E-state index in [1.807, 2.05) is 0 Å². The topological polar surface area (TPSA) is 40.5 Å². The van der Waals surface area contributed by atoms with Gasteiger partial charge in [-0.3, -0.25) is 0 Å². The molecular formula is C10H20O2. The van der Waals surface area contributed by atoms with Crippen molar-refractivity contribution in [3.05, 3.63) is 0 Å². The lowest BCUT2D eigenvalue weighted by molar-refractivity contribution is -0.0900. The van der Waals surface area contributed by atoms with Crippen molar-refractivity contribution in [2.45, 2.75) is 45.6 Å². The number of hydrogen-bond acceptors (Lipinski definition) is 2. The third-order valence-electron chi connectivity index (χ3n) is 2.73. The summed E-state index contributed by atoms with van der Waals surface area (Å²) in [7, 11) is 0. The smallest absolute Gasteiger partial charge is 0.0885 e. The minimum Gasteiger partial charge on any atom is -0.393 e. The van der Waals surface area contributed by atoms with E-state index in [0.29, 0.717) is 5.92 Å². The molecule has 0 spiro atoms. The normalized spacial score (nSPS) is 41.2. The SMILES string of the molecule is C[C@H]1CC(C)(C)CC(O)(CO)C1. The molecule has 0 heterocycles. The lowest BCUT2D eigenvalue weighted by Gasteiger charge is -2.43. The Hall–Kier alpha value is -0.0800. The highest BCUT2D eigenvalue weighted by Crippen LogP contribution is 2.43. The van der Waals surface area contributed by atoms with Crippen molar-refractivity contribution in [2.24, 2.45) is 11.3 Å². The summed E-state index contributed by atoms with van der Waals surface area (Å²) in [5.74, 6) is 0.519. The summed E-state index contributed by atoms with van der Waals surface area (Å²) < 4.78 is 0. The summed E-state index contributed by atoms with van der Waals surface area (Å²) in [5.41, 5.74) is -0.643. The zero-order valence-electron chi connectivity index (χ0n) is 8.30. The molecule has 0 saturated heterocycles. The lowest BCUT2D eigenvalue weighted by Crippen LogP contribution is -2.44. The van der Waals surface area contributed by atoms with Gasteiger partial charge in [0.05, 0.1) is 12.2 Å². The maximum absolute atomic E-state index is 9.94. The number of aliphatic hydroxyl groups is 2. The Morgan fingerprint density at radius 2 is 1.92 bits per heavy atom. The van der Waals surface area contributed by atoms with E-state index in [-0.39, 0.29) is 12.0 Å². The molecule has 72 valence electrons. The van der Waals surface area contributed by atoms with Crippen LogP contribution in [-0.2, 0) is 0 Å². The van der Waals surface area contributed by atoms with Crippen LogP contribution in [0.25, 0.3) is 0 Å². The first-order valence-corrected chi connectivity index (χ1v) is 4.70. The fourth-order valence-electron chi connectivity index (χ4n) is 2.82. The second-order valence-corrected chi connectivity index (χ2v) is 5.24. The van der Waals surface area contributed by atoms with Gasteiger partial charge in [0.1, 0.15) is 0 Å². The molecule has 0 aliphatic heterocycles. The number of hydrogen-bond donors (Lipinski definition) is 2. The van der Waals surface area contributed by atoms with Crippen LogP contribution in [0.3, 0.4) is 0 Å². The summed E-state index contributed by atoms with van der Waals surface area (Å²) >= 11 is 0. The molecule has 12 heavy (non-hydrogen) atoms. The van der Waals surface area contributed by atoms with Crippen molar-refractivity contribution in [1.82, 2.24) is 0 Å². The highest BCUT2D eigenvalue weighted by molar-refractivity contribution is 4.92. The van der Waals surface area contributed by atoms with Crippen molar-refractivity contribution in [2.75, 3.05) is 6.61 Å². The lowest BCUT2D eigenvalue weighted by atomic mass is 9.66. The Kier molecular flexibility index (Phi) is 2.50. The van der Waals surface area contributed by atoms with Gasteiger partial charge in [0.2, 0.25) is 0 Å². The second-order valence-electron chi connectivity index (χ2n) is 5.24. The van der Waals surface area contributed by atoms with Gasteiger partial charge in [-0.1, -0.05) is 20.8 Å². The van der Waals surface area contributed by atoms with Crippen LogP contribution in [-0.4, -0.2) is 22.4 Å². The fourth-order valence-corrected chi connectivity index (χ4v) is 2.82. The largest absolute Gasteiger partial charge is 0.393 e. The van der Waals surface area contributed by atoms with Crippen molar-refractivity contribution < 1.29 is 10.2 Å². The van der Waals surface area contributed by atoms with Gasteiger partial charge >= 0.3 is 0 Å². The maximum Gasteiger partial charge on any atom is 0.0885 e. The van der Waals surface area contributed by atoms with Crippen LogP contribution >= 0.6 is 0 Å². The van der Waals surface area contributed by atoms with Crippen molar-refractivity contribution >= 4 is 0 Å². The number of aliphatic hydroxyl groups excluding tert-OH is 1. The summed E-state index contributed by atoms with van der Waals surface area (Å²) in [5, 5.41) is 19.0. The van der Waals surface area contributed by atoms with Crippen LogP contribution in [0.4, 0.5) is 0 Å². The molecule has 2 heteroatoms. The third kappa shape index (κ3) is 2.20. The summed E-state index contributed by atoms with van der Waals surface area (Å²) in [4.78, 5) is 0. The molecular weight excluding hydrogens is 152 g/mol. The van der Waals surface area contributed by atoms with Gasteiger partial charge < -0.3 is 10.2 Å². The molecule has 0 aromatic carbocycles. The molecule has 2 atom stereocenters. The predicted octanol–water partition coefficient (Wildman–Crippen LogP) is 1.56. The quantitative estimate of drug-likeness (QED) is 0.630. The molecule has 0 bridgehead atoms. The first kappa shape index (κ1) is 10.0. The van der Waals surface area contributed by atoms with E-state index in [1.165, 1.54) is 0 Å². The molecule has 0 aromatic rings. The van der Waals surface area contributed by atoms with Gasteiger partial charge in [-0.25, -0.2) is 0 Å². The molecule has 1 fully saturated rings. The Balaban J connectivity index is 2.70. The van der Waals surface area contributed by atoms with Gasteiger partial charge in [0.15, 0.2) is 0 Å². The maximum atomic E-state index is 9.94. The molecule has 2 nitrogen and oxygen atoms in total. The third-order valence-corrected chi connectivity index (χ3v) is 2.73. The summed E-state index contributed by atoms with van der Waals surface area (Å²) in [6.45, 7) is 6.36. The van der Waals surface area contributed by atoms with Crippen molar-refractivity contribution in [1.29, 1.82) is 0 Å². The van der Waals surface area contributed by atoms with Crippen molar-refractivity contribution in [3.63, 3.8) is 0 Å². The zero-order valence-corrected chi connectivity index (χ0v) is 8.30. The minimum atomic E-state index is -0.818. The Morgan fingerprint density at radius 1 is 1.33 bits per heavy atom. The zero-order chi connectivity index (χ0) is 9.41. The molecule has 0 amide bonds.